The highest BCUT2D eigenvalue weighted by Gasteiger charge is 2.32. The first-order valence-electron chi connectivity index (χ1n) is 13.4. The van der Waals surface area contributed by atoms with Crippen molar-refractivity contribution in [2.45, 2.75) is 92.3 Å². The smallest absolute Gasteiger partial charge is 0.338 e. The minimum absolute atomic E-state index is 0.0644. The molecule has 0 spiro atoms. The third kappa shape index (κ3) is 8.35. The van der Waals surface area contributed by atoms with E-state index in [1.807, 2.05) is 25.1 Å². The lowest BCUT2D eigenvalue weighted by Gasteiger charge is -2.34. The second-order valence-electron chi connectivity index (χ2n) is 11.0. The van der Waals surface area contributed by atoms with Gasteiger partial charge in [0.05, 0.1) is 25.4 Å². The highest BCUT2D eigenvalue weighted by atomic mass is 32.1. The number of hydrogen-bond donors (Lipinski definition) is 1. The quantitative estimate of drug-likeness (QED) is 0.172. The van der Waals surface area contributed by atoms with E-state index in [2.05, 4.69) is 84.0 Å². The summed E-state index contributed by atoms with van der Waals surface area (Å²) < 4.78 is 11.3. The summed E-state index contributed by atoms with van der Waals surface area (Å²) in [6, 6.07) is 16.4. The van der Waals surface area contributed by atoms with Crippen LogP contribution >= 0.6 is 12.6 Å². The van der Waals surface area contributed by atoms with Gasteiger partial charge < -0.3 is 9.47 Å². The van der Waals surface area contributed by atoms with Crippen molar-refractivity contribution in [3.63, 3.8) is 0 Å². The number of carbonyl (C=O) groups is 1. The van der Waals surface area contributed by atoms with Gasteiger partial charge in [0, 0.05) is 5.41 Å². The Morgan fingerprint density at radius 1 is 1.05 bits per heavy atom. The molecule has 2 aromatic carbocycles. The van der Waals surface area contributed by atoms with Gasteiger partial charge in [-0.25, -0.2) is 4.79 Å². The van der Waals surface area contributed by atoms with Crippen molar-refractivity contribution in [2.75, 3.05) is 7.11 Å². The van der Waals surface area contributed by atoms with Crippen LogP contribution in [0.15, 0.2) is 71.2 Å². The molecule has 0 radical (unpaired) electrons. The molecule has 0 saturated carbocycles. The molecule has 0 aliphatic heterocycles. The highest BCUT2D eigenvalue weighted by molar-refractivity contribution is 7.84. The summed E-state index contributed by atoms with van der Waals surface area (Å²) in [5.74, 6) is -0.302. The topological polar surface area (TPSA) is 35.5 Å². The number of ether oxygens (including phenoxy) is 2. The second-order valence-corrected chi connectivity index (χ2v) is 11.5. The SMILES string of the molecule is CCC(CC)(/C(S)=C/C(C)=C/CCC(OCc1ccccc1)C(C)(C)C)c1ccc(C(=O)OC)c(C)c1. The first-order chi connectivity index (χ1) is 17.5. The molecule has 0 bridgehead atoms. The van der Waals surface area contributed by atoms with E-state index in [-0.39, 0.29) is 22.9 Å². The number of methoxy groups -OCH3 is 1. The molecule has 3 nitrogen and oxygen atoms in total. The Kier molecular flexibility index (Phi) is 11.7. The molecule has 1 unspecified atom stereocenters. The van der Waals surface area contributed by atoms with Gasteiger partial charge in [-0.15, -0.1) is 12.6 Å². The first-order valence-corrected chi connectivity index (χ1v) is 13.9. The van der Waals surface area contributed by atoms with Gasteiger partial charge in [0.1, 0.15) is 0 Å². The van der Waals surface area contributed by atoms with Crippen LogP contribution in [0.25, 0.3) is 0 Å². The van der Waals surface area contributed by atoms with Gasteiger partial charge in [-0.2, -0.15) is 0 Å². The van der Waals surface area contributed by atoms with Crippen LogP contribution in [0, 0.1) is 12.3 Å². The van der Waals surface area contributed by atoms with Gasteiger partial charge in [0.2, 0.25) is 0 Å². The summed E-state index contributed by atoms with van der Waals surface area (Å²) >= 11 is 5.03. The fourth-order valence-corrected chi connectivity index (χ4v) is 5.53. The molecule has 0 heterocycles. The third-order valence-corrected chi connectivity index (χ3v) is 7.96. The zero-order valence-electron chi connectivity index (χ0n) is 24.1. The standard InChI is InChI=1S/C33H46O3S/c1-9-33(10-2,27-19-20-28(25(4)22-27)31(34)35-8)30(37)21-24(3)15-14-18-29(32(5,6)7)36-23-26-16-12-11-13-17-26/h11-13,15-17,19-22,29,37H,9-10,14,18,23H2,1-8H3/b24-15+,30-21-. The second kappa shape index (κ2) is 14.0. The molecule has 0 aliphatic carbocycles. The Bertz CT molecular complexity index is 1070. The maximum absolute atomic E-state index is 12.1. The molecular weight excluding hydrogens is 476 g/mol. The van der Waals surface area contributed by atoms with Crippen molar-refractivity contribution < 1.29 is 14.3 Å². The summed E-state index contributed by atoms with van der Waals surface area (Å²) in [6.07, 6.45) is 8.41. The highest BCUT2D eigenvalue weighted by Crippen LogP contribution is 2.42. The molecule has 0 aromatic heterocycles. The molecule has 1 atom stereocenters. The molecule has 2 rings (SSSR count). The van der Waals surface area contributed by atoms with Crippen LogP contribution in [0.2, 0.25) is 0 Å². The van der Waals surface area contributed by atoms with Gasteiger partial charge in [-0.05, 0) is 78.7 Å². The van der Waals surface area contributed by atoms with E-state index >= 15 is 0 Å². The average molecular weight is 523 g/mol. The number of carbonyl (C=O) groups excluding carboxylic acids is 1. The molecule has 0 fully saturated rings. The Hall–Kier alpha value is -2.30. The minimum Gasteiger partial charge on any atom is -0.465 e. The van der Waals surface area contributed by atoms with Crippen molar-refractivity contribution in [3.05, 3.63) is 93.4 Å². The van der Waals surface area contributed by atoms with Crippen molar-refractivity contribution in [2.24, 2.45) is 5.41 Å². The zero-order valence-corrected chi connectivity index (χ0v) is 25.0. The third-order valence-electron chi connectivity index (χ3n) is 7.40. The summed E-state index contributed by atoms with van der Waals surface area (Å²) in [6.45, 7) is 15.9. The maximum Gasteiger partial charge on any atom is 0.338 e. The zero-order chi connectivity index (χ0) is 27.6. The molecule has 0 saturated heterocycles. The number of rotatable bonds is 12. The van der Waals surface area contributed by atoms with Gasteiger partial charge >= 0.3 is 5.97 Å². The van der Waals surface area contributed by atoms with Crippen molar-refractivity contribution in [1.82, 2.24) is 0 Å². The van der Waals surface area contributed by atoms with Crippen molar-refractivity contribution in [1.29, 1.82) is 0 Å². The molecule has 0 N–H and O–H groups in total. The molecule has 202 valence electrons. The predicted octanol–water partition coefficient (Wildman–Crippen LogP) is 9.01. The lowest BCUT2D eigenvalue weighted by atomic mass is 9.74. The monoisotopic (exact) mass is 522 g/mol. The average Bonchev–Trinajstić information content (AvgIpc) is 2.86. The Balaban J connectivity index is 2.18. The minimum atomic E-state index is -0.302. The van der Waals surface area contributed by atoms with Gasteiger partial charge in [0.15, 0.2) is 0 Å². The number of benzene rings is 2. The fourth-order valence-electron chi connectivity index (χ4n) is 4.88. The fraction of sp³-hybridized carbons (Fsp3) is 0.485. The van der Waals surface area contributed by atoms with E-state index in [0.717, 1.165) is 36.2 Å². The predicted molar refractivity (Wildman–Crippen MR) is 159 cm³/mol. The molecule has 37 heavy (non-hydrogen) atoms. The molecule has 2 aromatic rings. The van der Waals surface area contributed by atoms with Crippen LogP contribution in [0.5, 0.6) is 0 Å². The van der Waals surface area contributed by atoms with E-state index in [4.69, 9.17) is 22.1 Å². The van der Waals surface area contributed by atoms with Crippen LogP contribution in [-0.2, 0) is 21.5 Å². The van der Waals surface area contributed by atoms with Crippen molar-refractivity contribution >= 4 is 18.6 Å². The molecule has 4 heteroatoms. The van der Waals surface area contributed by atoms with Crippen molar-refractivity contribution in [3.8, 4) is 0 Å². The van der Waals surface area contributed by atoms with Gasteiger partial charge in [0.25, 0.3) is 0 Å². The molecule has 0 aliphatic rings. The van der Waals surface area contributed by atoms with E-state index in [0.29, 0.717) is 12.2 Å². The van der Waals surface area contributed by atoms with Crippen LogP contribution < -0.4 is 0 Å². The van der Waals surface area contributed by atoms with Gasteiger partial charge in [-0.3, -0.25) is 0 Å². The molecular formula is C33H46O3S. The molecule has 0 amide bonds. The number of thiol groups is 1. The van der Waals surface area contributed by atoms with Gasteiger partial charge in [-0.1, -0.05) is 88.7 Å². The maximum atomic E-state index is 12.1. The van der Waals surface area contributed by atoms with Crippen LogP contribution in [0.4, 0.5) is 0 Å². The number of aryl methyl sites for hydroxylation is 1. The Morgan fingerprint density at radius 3 is 2.24 bits per heavy atom. The van der Waals surface area contributed by atoms with Crippen LogP contribution in [0.3, 0.4) is 0 Å². The van der Waals surface area contributed by atoms with Crippen LogP contribution in [0.1, 0.15) is 94.3 Å². The number of hydrogen-bond acceptors (Lipinski definition) is 4. The normalized spacial score (nSPS) is 14.0. The number of allylic oxidation sites excluding steroid dienone is 4. The first kappa shape index (κ1) is 30.9. The summed E-state index contributed by atoms with van der Waals surface area (Å²) in [5, 5.41) is 0. The summed E-state index contributed by atoms with van der Waals surface area (Å²) in [7, 11) is 1.42. The summed E-state index contributed by atoms with van der Waals surface area (Å²) in [4.78, 5) is 13.1. The van der Waals surface area contributed by atoms with E-state index in [9.17, 15) is 4.79 Å². The van der Waals surface area contributed by atoms with E-state index < -0.39 is 0 Å². The van der Waals surface area contributed by atoms with E-state index in [1.54, 1.807) is 0 Å². The largest absolute Gasteiger partial charge is 0.465 e. The number of esters is 1. The Labute approximate surface area is 230 Å². The van der Waals surface area contributed by atoms with E-state index in [1.165, 1.54) is 23.8 Å². The lowest BCUT2D eigenvalue weighted by Crippen LogP contribution is -2.29. The van der Waals surface area contributed by atoms with Crippen LogP contribution in [-0.4, -0.2) is 19.2 Å². The Morgan fingerprint density at radius 2 is 1.70 bits per heavy atom. The lowest BCUT2D eigenvalue weighted by molar-refractivity contribution is -0.0323. The summed E-state index contributed by atoms with van der Waals surface area (Å²) in [5.41, 5.74) is 4.98.